The number of esters is 1. The molecule has 0 aliphatic carbocycles. The molecule has 0 fully saturated rings. The number of aliphatic hydroxyl groups is 2. The number of unbranched alkanes of at least 4 members (excludes halogenated alkanes) is 26. The summed E-state index contributed by atoms with van der Waals surface area (Å²) in [6, 6.07) is -0.749. The molecular weight excluding hydrogens is 779 g/mol. The Bertz CT molecular complexity index is 1210. The van der Waals surface area contributed by atoms with Crippen LogP contribution < -0.4 is 5.32 Å². The summed E-state index contributed by atoms with van der Waals surface area (Å²) in [6.07, 6.45) is 65.3. The third kappa shape index (κ3) is 45.4. The highest BCUT2D eigenvalue weighted by atomic mass is 16.5. The molecule has 0 spiro atoms. The summed E-state index contributed by atoms with van der Waals surface area (Å²) in [5.74, 6) is -0.641. The van der Waals surface area contributed by atoms with Crippen LogP contribution in [0.4, 0.5) is 0 Å². The maximum absolute atomic E-state index is 13.2. The zero-order valence-electron chi connectivity index (χ0n) is 41.2. The van der Waals surface area contributed by atoms with Crippen LogP contribution in [0.5, 0.6) is 0 Å². The number of carbonyl (C=O) groups excluding carboxylic acids is 2. The van der Waals surface area contributed by atoms with E-state index in [2.05, 4.69) is 56.5 Å². The maximum atomic E-state index is 13.2. The Labute approximate surface area is 389 Å². The topological polar surface area (TPSA) is 95.9 Å². The van der Waals surface area contributed by atoms with E-state index in [1.165, 1.54) is 135 Å². The van der Waals surface area contributed by atoms with Crippen molar-refractivity contribution in [3.8, 4) is 0 Å². The van der Waals surface area contributed by atoms with E-state index >= 15 is 0 Å². The molecule has 0 aromatic heterocycles. The summed E-state index contributed by atoms with van der Waals surface area (Å²) in [4.78, 5) is 26.1. The zero-order chi connectivity index (χ0) is 45.9. The summed E-state index contributed by atoms with van der Waals surface area (Å²) in [6.45, 7) is 6.29. The molecule has 0 radical (unpaired) electrons. The quantitative estimate of drug-likeness (QED) is 0.0322. The van der Waals surface area contributed by atoms with Crippen molar-refractivity contribution in [1.82, 2.24) is 5.32 Å². The van der Waals surface area contributed by atoms with E-state index in [1.54, 1.807) is 0 Å². The van der Waals surface area contributed by atoms with Gasteiger partial charge in [0.2, 0.25) is 5.91 Å². The van der Waals surface area contributed by atoms with Crippen molar-refractivity contribution in [3.05, 3.63) is 85.1 Å². The molecule has 0 saturated carbocycles. The SMILES string of the molecule is CC/C=C/C=C/C=C\C=C/C=C/CC(CC(=O)NC(CO)C(O)CCCCCCCCCCCCCCCCCCC)OC(=O)CCCCC/C=C/C=C/CCCCCCCCC. The van der Waals surface area contributed by atoms with Crippen LogP contribution in [0.1, 0.15) is 239 Å². The number of carbonyl (C=O) groups is 2. The molecule has 6 heteroatoms. The van der Waals surface area contributed by atoms with Crippen molar-refractivity contribution in [1.29, 1.82) is 0 Å². The largest absolute Gasteiger partial charge is 0.461 e. The molecule has 6 nitrogen and oxygen atoms in total. The second kappa shape index (κ2) is 50.0. The molecule has 362 valence electrons. The van der Waals surface area contributed by atoms with Gasteiger partial charge in [-0.3, -0.25) is 9.59 Å². The average molecular weight is 878 g/mol. The molecule has 0 heterocycles. The number of hydrogen-bond acceptors (Lipinski definition) is 5. The van der Waals surface area contributed by atoms with Gasteiger partial charge in [0.15, 0.2) is 0 Å². The minimum absolute atomic E-state index is 0.0324. The lowest BCUT2D eigenvalue weighted by Crippen LogP contribution is -2.46. The van der Waals surface area contributed by atoms with Crippen LogP contribution in [0.15, 0.2) is 85.1 Å². The van der Waals surface area contributed by atoms with Gasteiger partial charge in [0, 0.05) is 12.8 Å². The lowest BCUT2D eigenvalue weighted by Gasteiger charge is -2.24. The van der Waals surface area contributed by atoms with Crippen LogP contribution in [0.3, 0.4) is 0 Å². The monoisotopic (exact) mass is 878 g/mol. The molecule has 3 N–H and O–H groups in total. The molecule has 0 aromatic rings. The van der Waals surface area contributed by atoms with Crippen molar-refractivity contribution in [2.45, 2.75) is 257 Å². The van der Waals surface area contributed by atoms with Gasteiger partial charge in [0.05, 0.1) is 25.2 Å². The summed E-state index contributed by atoms with van der Waals surface area (Å²) in [7, 11) is 0. The Balaban J connectivity index is 4.63. The fourth-order valence-electron chi connectivity index (χ4n) is 7.62. The average Bonchev–Trinajstić information content (AvgIpc) is 3.28. The first kappa shape index (κ1) is 60.0. The van der Waals surface area contributed by atoms with Gasteiger partial charge in [-0.25, -0.2) is 0 Å². The van der Waals surface area contributed by atoms with Gasteiger partial charge in [-0.2, -0.15) is 0 Å². The molecule has 0 aliphatic rings. The molecular formula is C57H99NO5. The van der Waals surface area contributed by atoms with E-state index in [4.69, 9.17) is 4.74 Å². The molecule has 0 saturated heterocycles. The summed E-state index contributed by atoms with van der Waals surface area (Å²) in [5.41, 5.74) is 0. The predicted molar refractivity (Wildman–Crippen MR) is 273 cm³/mol. The highest BCUT2D eigenvalue weighted by Gasteiger charge is 2.23. The van der Waals surface area contributed by atoms with Gasteiger partial charge < -0.3 is 20.3 Å². The van der Waals surface area contributed by atoms with Crippen molar-refractivity contribution >= 4 is 11.9 Å². The number of ether oxygens (including phenoxy) is 1. The number of aliphatic hydroxyl groups excluding tert-OH is 2. The summed E-state index contributed by atoms with van der Waals surface area (Å²) in [5, 5.41) is 23.7. The van der Waals surface area contributed by atoms with Gasteiger partial charge in [0.1, 0.15) is 6.10 Å². The van der Waals surface area contributed by atoms with E-state index in [0.29, 0.717) is 19.3 Å². The van der Waals surface area contributed by atoms with Crippen LogP contribution in [0.25, 0.3) is 0 Å². The third-order valence-corrected chi connectivity index (χ3v) is 11.6. The van der Waals surface area contributed by atoms with Gasteiger partial charge in [-0.1, -0.05) is 260 Å². The second-order valence-electron chi connectivity index (χ2n) is 17.7. The highest BCUT2D eigenvalue weighted by molar-refractivity contribution is 5.77. The summed E-state index contributed by atoms with van der Waals surface area (Å²) < 4.78 is 5.83. The first-order valence-electron chi connectivity index (χ1n) is 26.4. The Morgan fingerprint density at radius 2 is 0.889 bits per heavy atom. The Kier molecular flexibility index (Phi) is 47.7. The number of allylic oxidation sites excluding steroid dienone is 13. The molecule has 0 rings (SSSR count). The van der Waals surface area contributed by atoms with Crippen LogP contribution in [0, 0.1) is 0 Å². The van der Waals surface area contributed by atoms with Gasteiger partial charge in [-0.15, -0.1) is 0 Å². The Hall–Kier alpha value is -2.96. The van der Waals surface area contributed by atoms with Crippen molar-refractivity contribution in [2.24, 2.45) is 0 Å². The summed E-state index contributed by atoms with van der Waals surface area (Å²) >= 11 is 0. The third-order valence-electron chi connectivity index (χ3n) is 11.6. The minimum atomic E-state index is -0.826. The number of rotatable bonds is 46. The van der Waals surface area contributed by atoms with Crippen molar-refractivity contribution in [2.75, 3.05) is 6.61 Å². The van der Waals surface area contributed by atoms with Gasteiger partial charge in [-0.05, 0) is 44.9 Å². The Morgan fingerprint density at radius 3 is 1.35 bits per heavy atom. The fourth-order valence-corrected chi connectivity index (χ4v) is 7.62. The van der Waals surface area contributed by atoms with E-state index in [0.717, 1.165) is 57.8 Å². The Morgan fingerprint density at radius 1 is 0.492 bits per heavy atom. The molecule has 0 bridgehead atoms. The molecule has 3 unspecified atom stereocenters. The molecule has 1 amide bonds. The molecule has 0 aliphatic heterocycles. The number of amides is 1. The first-order valence-corrected chi connectivity index (χ1v) is 26.4. The maximum Gasteiger partial charge on any atom is 0.306 e. The standard InChI is InChI=1S/C57H99NO5/c1-4-7-10-13-16-19-22-24-26-28-29-31-34-37-40-43-46-49-55(60)54(52-59)58-56(61)51-53(48-45-42-39-36-33-21-18-15-12-9-6-3)63-57(62)50-47-44-41-38-35-32-30-27-25-23-20-17-14-11-8-5-2/h9,12,15,18,21,27,30,32-33,35-36,39,42,45,53-55,59-60H,4-8,10-11,13-14,16-17,19-20,22-26,28-29,31,34,37-38,40-41,43-44,46-52H2,1-3H3,(H,58,61)/b12-9+,18-15+,30-27+,33-21-,35-32+,39-36-,45-42+. The smallest absolute Gasteiger partial charge is 0.306 e. The number of hydrogen-bond donors (Lipinski definition) is 3. The number of nitrogens with one attached hydrogen (secondary N) is 1. The zero-order valence-corrected chi connectivity index (χ0v) is 41.2. The highest BCUT2D eigenvalue weighted by Crippen LogP contribution is 2.16. The van der Waals surface area contributed by atoms with E-state index in [1.807, 2.05) is 54.7 Å². The van der Waals surface area contributed by atoms with Crippen LogP contribution in [-0.2, 0) is 14.3 Å². The minimum Gasteiger partial charge on any atom is -0.461 e. The van der Waals surface area contributed by atoms with Crippen molar-refractivity contribution < 1.29 is 24.5 Å². The second-order valence-corrected chi connectivity index (χ2v) is 17.7. The van der Waals surface area contributed by atoms with Crippen molar-refractivity contribution in [3.63, 3.8) is 0 Å². The van der Waals surface area contributed by atoms with Crippen LogP contribution in [0.2, 0.25) is 0 Å². The van der Waals surface area contributed by atoms with Crippen LogP contribution >= 0.6 is 0 Å². The van der Waals surface area contributed by atoms with Gasteiger partial charge >= 0.3 is 5.97 Å². The normalized spacial score (nSPS) is 13.9. The van der Waals surface area contributed by atoms with E-state index in [-0.39, 0.29) is 24.9 Å². The van der Waals surface area contributed by atoms with E-state index < -0.39 is 18.2 Å². The molecule has 63 heavy (non-hydrogen) atoms. The lowest BCUT2D eigenvalue weighted by molar-refractivity contribution is -0.150. The lowest BCUT2D eigenvalue weighted by atomic mass is 10.0. The predicted octanol–water partition coefficient (Wildman–Crippen LogP) is 16.0. The van der Waals surface area contributed by atoms with Crippen LogP contribution in [-0.4, -0.2) is 46.9 Å². The molecule has 0 aromatic carbocycles. The fraction of sp³-hybridized carbons (Fsp3) is 0.719. The van der Waals surface area contributed by atoms with E-state index in [9.17, 15) is 19.8 Å². The van der Waals surface area contributed by atoms with Gasteiger partial charge in [0.25, 0.3) is 0 Å². The first-order chi connectivity index (χ1) is 31.0. The molecule has 3 atom stereocenters.